The fourth-order valence-electron chi connectivity index (χ4n) is 2.01. The lowest BCUT2D eigenvalue weighted by atomic mass is 9.90. The van der Waals surface area contributed by atoms with Crippen molar-refractivity contribution in [2.45, 2.75) is 31.9 Å². The number of rotatable bonds is 1. The first-order valence-corrected chi connectivity index (χ1v) is 5.12. The van der Waals surface area contributed by atoms with E-state index in [9.17, 15) is 10.1 Å². The van der Waals surface area contributed by atoms with E-state index in [0.717, 1.165) is 0 Å². The first kappa shape index (κ1) is 10.9. The van der Waals surface area contributed by atoms with E-state index in [0.29, 0.717) is 17.7 Å². The molecule has 0 bridgehead atoms. The van der Waals surface area contributed by atoms with E-state index in [2.05, 4.69) is 0 Å². The van der Waals surface area contributed by atoms with Gasteiger partial charge in [-0.2, -0.15) is 0 Å². The second-order valence-corrected chi connectivity index (χ2v) is 4.65. The van der Waals surface area contributed by atoms with Crippen LogP contribution in [0.1, 0.15) is 31.9 Å². The Morgan fingerprint density at radius 3 is 2.88 bits per heavy atom. The van der Waals surface area contributed by atoms with Gasteiger partial charge in [0.1, 0.15) is 11.4 Å². The third-order valence-corrected chi connectivity index (χ3v) is 2.70. The second-order valence-electron chi connectivity index (χ2n) is 4.65. The van der Waals surface area contributed by atoms with Gasteiger partial charge in [-0.15, -0.1) is 0 Å². The topological polar surface area (TPSA) is 78.4 Å². The molecular weight excluding hydrogens is 208 g/mol. The Bertz CT molecular complexity index is 443. The van der Waals surface area contributed by atoms with Crippen molar-refractivity contribution in [3.05, 3.63) is 33.9 Å². The van der Waals surface area contributed by atoms with E-state index in [-0.39, 0.29) is 17.3 Å². The van der Waals surface area contributed by atoms with Crippen molar-refractivity contribution in [3.63, 3.8) is 0 Å². The molecule has 0 fully saturated rings. The molecule has 0 spiro atoms. The van der Waals surface area contributed by atoms with Crippen molar-refractivity contribution in [2.75, 3.05) is 0 Å². The minimum Gasteiger partial charge on any atom is -0.487 e. The summed E-state index contributed by atoms with van der Waals surface area (Å²) in [4.78, 5) is 10.2. The summed E-state index contributed by atoms with van der Waals surface area (Å²) in [5.74, 6) is 0.648. The van der Waals surface area contributed by atoms with Crippen molar-refractivity contribution in [1.29, 1.82) is 0 Å². The number of nitrogens with zero attached hydrogens (tertiary/aromatic N) is 1. The molecule has 5 heteroatoms. The monoisotopic (exact) mass is 222 g/mol. The Balaban J connectivity index is 2.45. The smallest absolute Gasteiger partial charge is 0.270 e. The molecule has 1 aromatic rings. The Morgan fingerprint density at radius 1 is 1.56 bits per heavy atom. The third-order valence-electron chi connectivity index (χ3n) is 2.70. The van der Waals surface area contributed by atoms with Crippen molar-refractivity contribution in [3.8, 4) is 5.75 Å². The van der Waals surface area contributed by atoms with Crippen LogP contribution in [0.2, 0.25) is 0 Å². The van der Waals surface area contributed by atoms with Gasteiger partial charge in [-0.05, 0) is 19.9 Å². The highest BCUT2D eigenvalue weighted by molar-refractivity contribution is 5.46. The predicted octanol–water partition coefficient (Wildman–Crippen LogP) is 2.16. The van der Waals surface area contributed by atoms with Crippen LogP contribution in [0.4, 0.5) is 5.69 Å². The Kier molecular flexibility index (Phi) is 2.35. The summed E-state index contributed by atoms with van der Waals surface area (Å²) in [7, 11) is 0. The maximum atomic E-state index is 10.6. The van der Waals surface area contributed by atoms with Crippen molar-refractivity contribution in [2.24, 2.45) is 5.73 Å². The number of nitro groups is 1. The zero-order chi connectivity index (χ0) is 11.9. The summed E-state index contributed by atoms with van der Waals surface area (Å²) in [5.41, 5.74) is 6.44. The van der Waals surface area contributed by atoms with Gasteiger partial charge < -0.3 is 10.5 Å². The molecule has 0 amide bonds. The Hall–Kier alpha value is -1.62. The number of hydrogen-bond donors (Lipinski definition) is 1. The van der Waals surface area contributed by atoms with Crippen molar-refractivity contribution in [1.82, 2.24) is 0 Å². The van der Waals surface area contributed by atoms with Gasteiger partial charge in [0.15, 0.2) is 0 Å². The van der Waals surface area contributed by atoms with Crippen LogP contribution in [0.3, 0.4) is 0 Å². The van der Waals surface area contributed by atoms with Crippen LogP contribution in [0, 0.1) is 10.1 Å². The summed E-state index contributed by atoms with van der Waals surface area (Å²) in [6.45, 7) is 3.91. The summed E-state index contributed by atoms with van der Waals surface area (Å²) < 4.78 is 5.72. The minimum atomic E-state index is -0.424. The molecule has 1 aliphatic rings. The van der Waals surface area contributed by atoms with Crippen LogP contribution in [0.15, 0.2) is 18.2 Å². The number of fused-ring (bicyclic) bond motifs is 1. The van der Waals surface area contributed by atoms with Gasteiger partial charge in [0, 0.05) is 30.2 Å². The fraction of sp³-hybridized carbons (Fsp3) is 0.455. The summed E-state index contributed by atoms with van der Waals surface area (Å²) in [6.07, 6.45) is 0.654. The Labute approximate surface area is 93.4 Å². The maximum absolute atomic E-state index is 10.6. The normalized spacial score (nSPS) is 22.1. The SMILES string of the molecule is CC1(C)C[C@H](N)c2cc([N+](=O)[O-])ccc2O1. The van der Waals surface area contributed by atoms with Gasteiger partial charge in [0.2, 0.25) is 0 Å². The Morgan fingerprint density at radius 2 is 2.25 bits per heavy atom. The average Bonchev–Trinajstić information content (AvgIpc) is 2.15. The van der Waals surface area contributed by atoms with E-state index in [1.165, 1.54) is 12.1 Å². The second kappa shape index (κ2) is 3.45. The van der Waals surface area contributed by atoms with Crippen LogP contribution >= 0.6 is 0 Å². The zero-order valence-electron chi connectivity index (χ0n) is 9.27. The van der Waals surface area contributed by atoms with E-state index in [1.807, 2.05) is 13.8 Å². The molecule has 1 aliphatic heterocycles. The molecule has 1 aromatic carbocycles. The quantitative estimate of drug-likeness (QED) is 0.583. The molecule has 1 heterocycles. The molecule has 16 heavy (non-hydrogen) atoms. The van der Waals surface area contributed by atoms with E-state index < -0.39 is 4.92 Å². The third kappa shape index (κ3) is 1.86. The van der Waals surface area contributed by atoms with Gasteiger partial charge in [0.25, 0.3) is 5.69 Å². The number of benzene rings is 1. The molecule has 5 nitrogen and oxygen atoms in total. The molecule has 0 radical (unpaired) electrons. The van der Waals surface area contributed by atoms with E-state index in [1.54, 1.807) is 6.07 Å². The highest BCUT2D eigenvalue weighted by Crippen LogP contribution is 2.39. The number of non-ortho nitro benzene ring substituents is 1. The number of nitro benzene ring substituents is 1. The molecule has 0 saturated carbocycles. The molecule has 0 aromatic heterocycles. The lowest BCUT2D eigenvalue weighted by Crippen LogP contribution is -2.37. The van der Waals surface area contributed by atoms with Crippen LogP contribution in [-0.2, 0) is 0 Å². The summed E-state index contributed by atoms with van der Waals surface area (Å²) >= 11 is 0. The van der Waals surface area contributed by atoms with Crippen LogP contribution < -0.4 is 10.5 Å². The average molecular weight is 222 g/mol. The minimum absolute atomic E-state index is 0.0532. The largest absolute Gasteiger partial charge is 0.487 e. The molecule has 86 valence electrons. The lowest BCUT2D eigenvalue weighted by Gasteiger charge is -2.35. The number of ether oxygens (including phenoxy) is 1. The molecule has 0 saturated heterocycles. The van der Waals surface area contributed by atoms with Crippen molar-refractivity contribution >= 4 is 5.69 Å². The zero-order valence-corrected chi connectivity index (χ0v) is 9.27. The summed E-state index contributed by atoms with van der Waals surface area (Å²) in [5, 5.41) is 10.6. The molecule has 0 aliphatic carbocycles. The van der Waals surface area contributed by atoms with Crippen LogP contribution in [0.25, 0.3) is 0 Å². The van der Waals surface area contributed by atoms with Crippen molar-refractivity contribution < 1.29 is 9.66 Å². The molecule has 2 N–H and O–H groups in total. The fourth-order valence-corrected chi connectivity index (χ4v) is 2.01. The van der Waals surface area contributed by atoms with E-state index >= 15 is 0 Å². The van der Waals surface area contributed by atoms with Gasteiger partial charge >= 0.3 is 0 Å². The molecular formula is C11H14N2O3. The van der Waals surface area contributed by atoms with Gasteiger partial charge in [0.05, 0.1) is 4.92 Å². The predicted molar refractivity (Wildman–Crippen MR) is 59.3 cm³/mol. The summed E-state index contributed by atoms with van der Waals surface area (Å²) in [6, 6.07) is 4.34. The first-order chi connectivity index (χ1) is 7.39. The molecule has 1 atom stereocenters. The van der Waals surface area contributed by atoms with E-state index in [4.69, 9.17) is 10.5 Å². The maximum Gasteiger partial charge on any atom is 0.270 e. The number of nitrogens with two attached hydrogens (primary N) is 1. The highest BCUT2D eigenvalue weighted by Gasteiger charge is 2.32. The number of hydrogen-bond acceptors (Lipinski definition) is 4. The lowest BCUT2D eigenvalue weighted by molar-refractivity contribution is -0.385. The van der Waals surface area contributed by atoms with Crippen LogP contribution in [-0.4, -0.2) is 10.5 Å². The molecule has 0 unspecified atom stereocenters. The standard InChI is InChI=1S/C11H14N2O3/c1-11(2)6-9(12)8-5-7(13(14)15)3-4-10(8)16-11/h3-5,9H,6,12H2,1-2H3/t9-/m0/s1. The first-order valence-electron chi connectivity index (χ1n) is 5.12. The highest BCUT2D eigenvalue weighted by atomic mass is 16.6. The van der Waals surface area contributed by atoms with Gasteiger partial charge in [-0.3, -0.25) is 10.1 Å². The van der Waals surface area contributed by atoms with Gasteiger partial charge in [-0.1, -0.05) is 0 Å². The molecule has 2 rings (SSSR count). The van der Waals surface area contributed by atoms with Gasteiger partial charge in [-0.25, -0.2) is 0 Å². The van der Waals surface area contributed by atoms with Crippen LogP contribution in [0.5, 0.6) is 5.75 Å².